The first kappa shape index (κ1) is 17.2. The summed E-state index contributed by atoms with van der Waals surface area (Å²) in [6.07, 6.45) is 9.74. The molecule has 1 saturated heterocycles. The van der Waals surface area contributed by atoms with Gasteiger partial charge in [-0.2, -0.15) is 0 Å². The predicted molar refractivity (Wildman–Crippen MR) is 96.5 cm³/mol. The van der Waals surface area contributed by atoms with Crippen LogP contribution in [0.15, 0.2) is 9.85 Å². The van der Waals surface area contributed by atoms with E-state index in [2.05, 4.69) is 44.6 Å². The summed E-state index contributed by atoms with van der Waals surface area (Å²) >= 11 is 7.85. The maximum atomic E-state index is 5.74. The first-order valence-electron chi connectivity index (χ1n) is 7.42. The molecule has 1 aromatic heterocycles. The minimum atomic E-state index is 0.0765. The van der Waals surface area contributed by atoms with Gasteiger partial charge in [-0.15, -0.1) is 11.3 Å². The molecule has 2 heterocycles. The molecule has 1 unspecified atom stereocenters. The van der Waals surface area contributed by atoms with Crippen molar-refractivity contribution in [2.45, 2.75) is 57.7 Å². The van der Waals surface area contributed by atoms with E-state index in [0.717, 1.165) is 26.1 Å². The van der Waals surface area contributed by atoms with Gasteiger partial charge in [0.2, 0.25) is 0 Å². The summed E-state index contributed by atoms with van der Waals surface area (Å²) in [7, 11) is 0. The normalized spacial score (nSPS) is 19.4. The average Bonchev–Trinajstić information content (AvgIpc) is 2.77. The molecular formula is C15H22BrIO2S. The third kappa shape index (κ3) is 6.30. The zero-order valence-electron chi connectivity index (χ0n) is 11.7. The van der Waals surface area contributed by atoms with Crippen molar-refractivity contribution >= 4 is 49.9 Å². The van der Waals surface area contributed by atoms with Gasteiger partial charge in [0.15, 0.2) is 6.29 Å². The van der Waals surface area contributed by atoms with Crippen LogP contribution in [-0.4, -0.2) is 19.5 Å². The van der Waals surface area contributed by atoms with E-state index in [1.807, 2.05) is 11.3 Å². The van der Waals surface area contributed by atoms with E-state index >= 15 is 0 Å². The first-order chi connectivity index (χ1) is 9.75. The van der Waals surface area contributed by atoms with Crippen molar-refractivity contribution in [1.82, 2.24) is 0 Å². The molecule has 2 rings (SSSR count). The van der Waals surface area contributed by atoms with Gasteiger partial charge in [-0.25, -0.2) is 0 Å². The Balaban J connectivity index is 1.46. The number of hydrogen-bond acceptors (Lipinski definition) is 3. The molecule has 2 nitrogen and oxygen atoms in total. The summed E-state index contributed by atoms with van der Waals surface area (Å²) in [6, 6.07) is 2.29. The highest BCUT2D eigenvalue weighted by Crippen LogP contribution is 2.30. The Morgan fingerprint density at radius 3 is 2.85 bits per heavy atom. The third-order valence-electron chi connectivity index (χ3n) is 3.51. The zero-order chi connectivity index (χ0) is 14.2. The van der Waals surface area contributed by atoms with Crippen LogP contribution in [0.4, 0.5) is 0 Å². The van der Waals surface area contributed by atoms with Crippen LogP contribution in [0.1, 0.15) is 50.5 Å². The number of rotatable bonds is 8. The van der Waals surface area contributed by atoms with Crippen molar-refractivity contribution in [2.75, 3.05) is 13.2 Å². The lowest BCUT2D eigenvalue weighted by atomic mass is 10.1. The lowest BCUT2D eigenvalue weighted by Gasteiger charge is -2.22. The number of hydrogen-bond donors (Lipinski definition) is 0. The van der Waals surface area contributed by atoms with Gasteiger partial charge in [0.1, 0.15) is 0 Å². The van der Waals surface area contributed by atoms with E-state index in [1.54, 1.807) is 0 Å². The van der Waals surface area contributed by atoms with Gasteiger partial charge in [0.05, 0.1) is 6.67 Å². The minimum absolute atomic E-state index is 0.0765. The molecule has 0 aliphatic carbocycles. The molecule has 114 valence electrons. The molecule has 0 amide bonds. The molecule has 0 bridgehead atoms. The second kappa shape index (κ2) is 9.77. The largest absolute Gasteiger partial charge is 0.353 e. The first-order valence-corrected chi connectivity index (χ1v) is 10.1. The summed E-state index contributed by atoms with van der Waals surface area (Å²) in [5, 5.41) is 0. The maximum absolute atomic E-state index is 5.74. The molecule has 5 heteroatoms. The van der Waals surface area contributed by atoms with Crippen molar-refractivity contribution < 1.29 is 9.47 Å². The summed E-state index contributed by atoms with van der Waals surface area (Å²) in [5.41, 5.74) is 1.46. The fourth-order valence-electron chi connectivity index (χ4n) is 2.37. The van der Waals surface area contributed by atoms with Crippen LogP contribution in [0.3, 0.4) is 0 Å². The van der Waals surface area contributed by atoms with Gasteiger partial charge in [-0.1, -0.05) is 12.8 Å². The number of halogens is 2. The Labute approximate surface area is 147 Å². The Kier molecular flexibility index (Phi) is 8.39. The van der Waals surface area contributed by atoms with Gasteiger partial charge in [0, 0.05) is 13.2 Å². The van der Waals surface area contributed by atoms with E-state index in [1.165, 1.54) is 50.8 Å². The Morgan fingerprint density at radius 2 is 2.15 bits per heavy atom. The van der Waals surface area contributed by atoms with Gasteiger partial charge < -0.3 is 9.47 Å². The zero-order valence-corrected chi connectivity index (χ0v) is 16.3. The van der Waals surface area contributed by atoms with E-state index in [4.69, 9.17) is 9.47 Å². The van der Waals surface area contributed by atoms with Gasteiger partial charge in [-0.3, -0.25) is 0 Å². The van der Waals surface area contributed by atoms with Gasteiger partial charge >= 0.3 is 0 Å². The van der Waals surface area contributed by atoms with Crippen LogP contribution in [0, 0.1) is 2.88 Å². The molecule has 0 aromatic carbocycles. The Morgan fingerprint density at radius 1 is 1.30 bits per heavy atom. The summed E-state index contributed by atoms with van der Waals surface area (Å²) in [5.74, 6) is 0. The standard InChI is InChI=1S/C15H22BrIO2S/c16-15-12(11-13(17)20-15)7-3-1-2-5-9-18-14-8-4-6-10-19-14/h11,14H,1-10H2. The monoisotopic (exact) mass is 472 g/mol. The highest BCUT2D eigenvalue weighted by atomic mass is 127. The molecule has 0 saturated carbocycles. The number of thiophene rings is 1. The smallest absolute Gasteiger partial charge is 0.157 e. The van der Waals surface area contributed by atoms with Crippen LogP contribution in [0.5, 0.6) is 0 Å². The van der Waals surface area contributed by atoms with Crippen molar-refractivity contribution in [3.05, 3.63) is 18.3 Å². The molecule has 0 radical (unpaired) electrons. The van der Waals surface area contributed by atoms with Crippen LogP contribution in [0.2, 0.25) is 0 Å². The van der Waals surface area contributed by atoms with Crippen molar-refractivity contribution in [1.29, 1.82) is 0 Å². The molecule has 0 N–H and O–H groups in total. The fraction of sp³-hybridized carbons (Fsp3) is 0.733. The second-order valence-electron chi connectivity index (χ2n) is 5.18. The molecule has 1 aliphatic heterocycles. The second-order valence-corrected chi connectivity index (χ2v) is 9.44. The van der Waals surface area contributed by atoms with Crippen molar-refractivity contribution in [3.8, 4) is 0 Å². The Bertz CT molecular complexity index is 391. The summed E-state index contributed by atoms with van der Waals surface area (Å²) < 4.78 is 14.0. The molecule has 0 spiro atoms. The van der Waals surface area contributed by atoms with Crippen LogP contribution >= 0.6 is 49.9 Å². The minimum Gasteiger partial charge on any atom is -0.353 e. The highest BCUT2D eigenvalue weighted by Gasteiger charge is 2.13. The summed E-state index contributed by atoms with van der Waals surface area (Å²) in [4.78, 5) is 0. The van der Waals surface area contributed by atoms with Crippen LogP contribution in [-0.2, 0) is 15.9 Å². The van der Waals surface area contributed by atoms with Crippen molar-refractivity contribution in [2.24, 2.45) is 0 Å². The topological polar surface area (TPSA) is 18.5 Å². The van der Waals surface area contributed by atoms with E-state index in [-0.39, 0.29) is 6.29 Å². The molecule has 20 heavy (non-hydrogen) atoms. The quantitative estimate of drug-likeness (QED) is 0.353. The lowest BCUT2D eigenvalue weighted by Crippen LogP contribution is -2.22. The van der Waals surface area contributed by atoms with Crippen LogP contribution in [0.25, 0.3) is 0 Å². The summed E-state index contributed by atoms with van der Waals surface area (Å²) in [6.45, 7) is 1.73. The van der Waals surface area contributed by atoms with E-state index < -0.39 is 0 Å². The molecular weight excluding hydrogens is 451 g/mol. The van der Waals surface area contributed by atoms with Gasteiger partial charge in [-0.05, 0) is 88.7 Å². The van der Waals surface area contributed by atoms with Crippen LogP contribution < -0.4 is 0 Å². The number of aryl methyl sites for hydroxylation is 1. The van der Waals surface area contributed by atoms with Gasteiger partial charge in [0.25, 0.3) is 0 Å². The Hall–Kier alpha value is 0.830. The predicted octanol–water partition coefficient (Wildman–Crippen LogP) is 5.76. The van der Waals surface area contributed by atoms with Crippen molar-refractivity contribution in [3.63, 3.8) is 0 Å². The average molecular weight is 473 g/mol. The van der Waals surface area contributed by atoms with E-state index in [0.29, 0.717) is 0 Å². The highest BCUT2D eigenvalue weighted by molar-refractivity contribution is 14.1. The molecule has 1 fully saturated rings. The third-order valence-corrected chi connectivity index (χ3v) is 6.23. The number of unbranched alkanes of at least 4 members (excludes halogenated alkanes) is 3. The SMILES string of the molecule is Brc1sc(I)cc1CCCCCCOC1CCCCO1. The fourth-order valence-corrected chi connectivity index (χ4v) is 5.82. The molecule has 1 aliphatic rings. The lowest BCUT2D eigenvalue weighted by molar-refractivity contribution is -0.162. The maximum Gasteiger partial charge on any atom is 0.157 e. The molecule has 1 atom stereocenters. The molecule has 1 aromatic rings. The van der Waals surface area contributed by atoms with E-state index in [9.17, 15) is 0 Å². The number of ether oxygens (including phenoxy) is 2.